The number of halogens is 1. The second-order valence-corrected chi connectivity index (χ2v) is 10.2. The Balaban J connectivity index is 1.45. The van der Waals surface area contributed by atoms with Gasteiger partial charge in [-0.25, -0.2) is 4.98 Å². The van der Waals surface area contributed by atoms with Crippen LogP contribution in [0.5, 0.6) is 5.75 Å². The molecule has 1 atom stereocenters. The fourth-order valence-electron chi connectivity index (χ4n) is 4.12. The molecule has 1 fully saturated rings. The summed E-state index contributed by atoms with van der Waals surface area (Å²) < 4.78 is 6.98. The lowest BCUT2D eigenvalue weighted by atomic mass is 10.1. The molecule has 1 saturated heterocycles. The summed E-state index contributed by atoms with van der Waals surface area (Å²) in [5.41, 5.74) is 6.51. The SMILES string of the molecule is COc1ccc(C)c(C(=O)N2CCC[C@H]2C(=O)N(I)Cc2ccc(-c3scnc3C)cc2)c1. The number of rotatable bonds is 6. The molecule has 0 unspecified atom stereocenters. The third-order valence-corrected chi connectivity index (χ3v) is 7.79. The molecule has 6 nitrogen and oxygen atoms in total. The molecule has 0 bridgehead atoms. The molecule has 0 N–H and O–H groups in total. The number of likely N-dealkylation sites (tertiary alicyclic amines) is 1. The van der Waals surface area contributed by atoms with Crippen LogP contribution in [0.3, 0.4) is 0 Å². The molecule has 2 aromatic carbocycles. The molecule has 1 aliphatic heterocycles. The third kappa shape index (κ3) is 5.06. The second kappa shape index (κ2) is 10.2. The van der Waals surface area contributed by atoms with Gasteiger partial charge < -0.3 is 9.64 Å². The predicted molar refractivity (Wildman–Crippen MR) is 139 cm³/mol. The number of carbonyl (C=O) groups is 2. The van der Waals surface area contributed by atoms with Crippen molar-refractivity contribution in [3.05, 3.63) is 70.4 Å². The molecule has 8 heteroatoms. The molecular weight excluding hydrogens is 549 g/mol. The Hall–Kier alpha value is -2.46. The molecule has 2 amide bonds. The Kier molecular flexibility index (Phi) is 7.33. The average Bonchev–Trinajstić information content (AvgIpc) is 3.48. The summed E-state index contributed by atoms with van der Waals surface area (Å²) in [6.45, 7) is 4.98. The minimum atomic E-state index is -0.445. The molecule has 0 aliphatic carbocycles. The number of carbonyl (C=O) groups excluding carboxylic acids is 2. The normalized spacial score (nSPS) is 15.5. The molecule has 1 aromatic heterocycles. The zero-order chi connectivity index (χ0) is 23.5. The Bertz CT molecular complexity index is 1160. The van der Waals surface area contributed by atoms with E-state index in [-0.39, 0.29) is 11.8 Å². The smallest absolute Gasteiger partial charge is 0.254 e. The van der Waals surface area contributed by atoms with E-state index in [4.69, 9.17) is 4.74 Å². The van der Waals surface area contributed by atoms with Crippen LogP contribution in [0, 0.1) is 13.8 Å². The number of nitrogens with zero attached hydrogens (tertiary/aromatic N) is 3. The standard InChI is InChI=1S/C25H26IN3O3S/c1-16-6-11-20(32-3)13-21(16)24(30)28-12-4-5-22(28)25(31)29(26)14-18-7-9-19(10-8-18)23-17(2)27-15-33-23/h6-11,13,15,22H,4-5,12,14H2,1-3H3/t22-/m0/s1. The van der Waals surface area contributed by atoms with Crippen LogP contribution < -0.4 is 4.74 Å². The highest BCUT2D eigenvalue weighted by atomic mass is 127. The van der Waals surface area contributed by atoms with Gasteiger partial charge in [0.1, 0.15) is 11.8 Å². The van der Waals surface area contributed by atoms with E-state index in [1.807, 2.05) is 43.6 Å². The monoisotopic (exact) mass is 575 g/mol. The lowest BCUT2D eigenvalue weighted by molar-refractivity contribution is -0.129. The van der Waals surface area contributed by atoms with E-state index in [1.165, 1.54) is 0 Å². The van der Waals surface area contributed by atoms with Gasteiger partial charge >= 0.3 is 0 Å². The van der Waals surface area contributed by atoms with E-state index in [1.54, 1.807) is 32.5 Å². The van der Waals surface area contributed by atoms with Crippen molar-refractivity contribution < 1.29 is 14.3 Å². The first-order chi connectivity index (χ1) is 15.9. The van der Waals surface area contributed by atoms with E-state index in [9.17, 15) is 9.59 Å². The molecule has 172 valence electrons. The van der Waals surface area contributed by atoms with Crippen molar-refractivity contribution in [1.82, 2.24) is 13.0 Å². The van der Waals surface area contributed by atoms with Gasteiger partial charge in [-0.15, -0.1) is 11.3 Å². The van der Waals surface area contributed by atoms with E-state index < -0.39 is 6.04 Å². The van der Waals surface area contributed by atoms with Crippen LogP contribution in [0.15, 0.2) is 48.0 Å². The van der Waals surface area contributed by atoms with Crippen molar-refractivity contribution in [2.24, 2.45) is 0 Å². The number of benzene rings is 2. The number of aryl methyl sites for hydroxylation is 2. The van der Waals surface area contributed by atoms with Crippen molar-refractivity contribution in [2.75, 3.05) is 13.7 Å². The van der Waals surface area contributed by atoms with E-state index in [0.29, 0.717) is 30.8 Å². The van der Waals surface area contributed by atoms with Gasteiger partial charge in [0.05, 0.1) is 52.6 Å². The lowest BCUT2D eigenvalue weighted by Crippen LogP contribution is -2.45. The summed E-state index contributed by atoms with van der Waals surface area (Å²) in [6, 6.07) is 13.3. The molecule has 0 saturated carbocycles. The van der Waals surface area contributed by atoms with Gasteiger partial charge in [-0.2, -0.15) is 0 Å². The van der Waals surface area contributed by atoms with Gasteiger partial charge in [0.2, 0.25) is 0 Å². The Morgan fingerprint density at radius 3 is 2.64 bits per heavy atom. The number of methoxy groups -OCH3 is 1. The largest absolute Gasteiger partial charge is 0.497 e. The number of amides is 2. The van der Waals surface area contributed by atoms with Crippen molar-refractivity contribution >= 4 is 46.0 Å². The van der Waals surface area contributed by atoms with E-state index in [0.717, 1.165) is 33.7 Å². The van der Waals surface area contributed by atoms with Gasteiger partial charge in [-0.1, -0.05) is 30.3 Å². The fourth-order valence-corrected chi connectivity index (χ4v) is 5.65. The summed E-state index contributed by atoms with van der Waals surface area (Å²) in [5.74, 6) is 0.485. The van der Waals surface area contributed by atoms with Crippen molar-refractivity contribution in [2.45, 2.75) is 39.3 Å². The second-order valence-electron chi connectivity index (χ2n) is 8.16. The molecule has 0 spiro atoms. The van der Waals surface area contributed by atoms with Crippen molar-refractivity contribution in [1.29, 1.82) is 0 Å². The molecule has 3 aromatic rings. The molecule has 33 heavy (non-hydrogen) atoms. The summed E-state index contributed by atoms with van der Waals surface area (Å²) in [7, 11) is 1.58. The maximum Gasteiger partial charge on any atom is 0.254 e. The molecule has 4 rings (SSSR count). The number of thiazole rings is 1. The Morgan fingerprint density at radius 2 is 1.97 bits per heavy atom. The topological polar surface area (TPSA) is 62.7 Å². The zero-order valence-corrected chi connectivity index (χ0v) is 21.9. The van der Waals surface area contributed by atoms with Crippen LogP contribution >= 0.6 is 34.2 Å². The summed E-state index contributed by atoms with van der Waals surface area (Å²) in [6.07, 6.45) is 1.50. The fraction of sp³-hybridized carbons (Fsp3) is 0.320. The molecule has 1 aliphatic rings. The van der Waals surface area contributed by atoms with Crippen LogP contribution in [0.4, 0.5) is 0 Å². The van der Waals surface area contributed by atoms with Gasteiger partial charge in [0, 0.05) is 12.1 Å². The number of hydrogen-bond donors (Lipinski definition) is 0. The molecule has 2 heterocycles. The van der Waals surface area contributed by atoms with E-state index >= 15 is 0 Å². The number of ether oxygens (including phenoxy) is 1. The van der Waals surface area contributed by atoms with Crippen LogP contribution in [0.2, 0.25) is 0 Å². The summed E-state index contributed by atoms with van der Waals surface area (Å²) in [4.78, 5) is 33.8. The highest BCUT2D eigenvalue weighted by molar-refractivity contribution is 14.1. The highest BCUT2D eigenvalue weighted by Gasteiger charge is 2.37. The lowest BCUT2D eigenvalue weighted by Gasteiger charge is -2.27. The molecule has 0 radical (unpaired) electrons. The van der Waals surface area contributed by atoms with E-state index in [2.05, 4.69) is 40.0 Å². The quantitative estimate of drug-likeness (QED) is 0.291. The highest BCUT2D eigenvalue weighted by Crippen LogP contribution is 2.29. The number of aromatic nitrogens is 1. The number of hydrogen-bond acceptors (Lipinski definition) is 5. The summed E-state index contributed by atoms with van der Waals surface area (Å²) in [5, 5.41) is 0. The van der Waals surface area contributed by atoms with Gasteiger partial charge in [0.15, 0.2) is 0 Å². The van der Waals surface area contributed by atoms with Crippen molar-refractivity contribution in [3.63, 3.8) is 0 Å². The summed E-state index contributed by atoms with van der Waals surface area (Å²) >= 11 is 3.70. The minimum Gasteiger partial charge on any atom is -0.497 e. The first-order valence-corrected chi connectivity index (χ1v) is 12.7. The van der Waals surface area contributed by atoms with Crippen LogP contribution in [0.25, 0.3) is 10.4 Å². The first kappa shape index (κ1) is 23.7. The zero-order valence-electron chi connectivity index (χ0n) is 18.9. The average molecular weight is 575 g/mol. The third-order valence-electron chi connectivity index (χ3n) is 6.00. The van der Waals surface area contributed by atoms with Crippen molar-refractivity contribution in [3.8, 4) is 16.2 Å². The molecular formula is C25H26IN3O3S. The predicted octanol–water partition coefficient (Wildman–Crippen LogP) is 5.42. The van der Waals surface area contributed by atoms with Gasteiger partial charge in [0.25, 0.3) is 11.8 Å². The Labute approximate surface area is 212 Å². The first-order valence-electron chi connectivity index (χ1n) is 10.8. The minimum absolute atomic E-state index is 0.0376. The van der Waals surface area contributed by atoms with Crippen LogP contribution in [0.1, 0.15) is 40.0 Å². The van der Waals surface area contributed by atoms with Gasteiger partial charge in [-0.3, -0.25) is 12.7 Å². The van der Waals surface area contributed by atoms with Crippen LogP contribution in [-0.2, 0) is 11.3 Å². The maximum atomic E-state index is 13.3. The van der Waals surface area contributed by atoms with Gasteiger partial charge in [-0.05, 0) is 55.5 Å². The van der Waals surface area contributed by atoms with Crippen LogP contribution in [-0.4, -0.2) is 44.5 Å². The Morgan fingerprint density at radius 1 is 1.21 bits per heavy atom. The maximum absolute atomic E-state index is 13.3.